The van der Waals surface area contributed by atoms with Crippen molar-refractivity contribution in [2.24, 2.45) is 0 Å². The Morgan fingerprint density at radius 2 is 2.25 bits per heavy atom. The second-order valence-electron chi connectivity index (χ2n) is 2.22. The van der Waals surface area contributed by atoms with E-state index in [9.17, 15) is 5.02 Å². The van der Waals surface area contributed by atoms with E-state index in [-0.39, 0.29) is 0 Å². The van der Waals surface area contributed by atoms with Gasteiger partial charge in [0.15, 0.2) is 0 Å². The highest BCUT2D eigenvalue weighted by molar-refractivity contribution is 6.59. The molecule has 1 aromatic rings. The topological polar surface area (TPSA) is 51.6 Å². The van der Waals surface area contributed by atoms with Crippen molar-refractivity contribution in [2.45, 2.75) is 0 Å². The van der Waals surface area contributed by atoms with E-state index in [1.807, 2.05) is 0 Å². The second kappa shape index (κ2) is 4.08. The van der Waals surface area contributed by atoms with Gasteiger partial charge in [-0.3, -0.25) is 0 Å². The number of ether oxygens (including phenoxy) is 1. The van der Waals surface area contributed by atoms with E-state index in [1.54, 1.807) is 18.3 Å². The van der Waals surface area contributed by atoms with Gasteiger partial charge in [-0.05, 0) is 11.5 Å². The highest BCUT2D eigenvalue weighted by atomic mass is 16.5. The Morgan fingerprint density at radius 3 is 2.83 bits per heavy atom. The molecule has 0 aromatic carbocycles. The predicted molar refractivity (Wildman–Crippen MR) is 45.4 cm³/mol. The standard InChI is InChI=1S/C7H10BNO3/c1-11-7-5-6(3-4-9-7)8(10)12-2/h3-5,10H,1-2H3. The van der Waals surface area contributed by atoms with Gasteiger partial charge in [0, 0.05) is 19.4 Å². The van der Waals surface area contributed by atoms with Gasteiger partial charge in [-0.25, -0.2) is 4.98 Å². The SMILES string of the molecule is COB(O)c1ccnc(OC)c1. The first-order valence-electron chi connectivity index (χ1n) is 3.48. The first kappa shape index (κ1) is 9.03. The average Bonchev–Trinajstić information content (AvgIpc) is 2.17. The van der Waals surface area contributed by atoms with Gasteiger partial charge < -0.3 is 14.4 Å². The maximum Gasteiger partial charge on any atom is 0.491 e. The minimum absolute atomic E-state index is 0.462. The third-order valence-corrected chi connectivity index (χ3v) is 1.48. The van der Waals surface area contributed by atoms with Gasteiger partial charge in [0.05, 0.1) is 7.11 Å². The van der Waals surface area contributed by atoms with Crippen LogP contribution in [-0.2, 0) is 4.65 Å². The van der Waals surface area contributed by atoms with Gasteiger partial charge in [0.1, 0.15) is 0 Å². The van der Waals surface area contributed by atoms with E-state index in [0.29, 0.717) is 11.3 Å². The molecule has 1 aromatic heterocycles. The summed E-state index contributed by atoms with van der Waals surface area (Å²) in [5.74, 6) is 0.462. The molecule has 4 nitrogen and oxygen atoms in total. The fourth-order valence-electron chi connectivity index (χ4n) is 0.826. The van der Waals surface area contributed by atoms with Crippen molar-refractivity contribution in [3.05, 3.63) is 18.3 Å². The molecule has 0 spiro atoms. The lowest BCUT2D eigenvalue weighted by Crippen LogP contribution is -2.32. The summed E-state index contributed by atoms with van der Waals surface area (Å²) in [6.45, 7) is 0. The Balaban J connectivity index is 2.86. The fraction of sp³-hybridized carbons (Fsp3) is 0.286. The molecule has 0 aliphatic rings. The zero-order valence-corrected chi connectivity index (χ0v) is 7.02. The van der Waals surface area contributed by atoms with Crippen LogP contribution in [0.5, 0.6) is 5.88 Å². The summed E-state index contributed by atoms with van der Waals surface area (Å²) in [5, 5.41) is 9.24. The van der Waals surface area contributed by atoms with Crippen molar-refractivity contribution >= 4 is 12.6 Å². The van der Waals surface area contributed by atoms with Crippen LogP contribution in [0.15, 0.2) is 18.3 Å². The van der Waals surface area contributed by atoms with Crippen molar-refractivity contribution in [3.63, 3.8) is 0 Å². The number of pyridine rings is 1. The molecule has 0 atom stereocenters. The molecular formula is C7H10BNO3. The van der Waals surface area contributed by atoms with E-state index in [2.05, 4.69) is 4.98 Å². The lowest BCUT2D eigenvalue weighted by molar-refractivity contribution is 0.341. The summed E-state index contributed by atoms with van der Waals surface area (Å²) >= 11 is 0. The summed E-state index contributed by atoms with van der Waals surface area (Å²) in [7, 11) is 2.03. The first-order chi connectivity index (χ1) is 5.77. The number of hydrogen-bond acceptors (Lipinski definition) is 4. The third-order valence-electron chi connectivity index (χ3n) is 1.48. The number of methoxy groups -OCH3 is 1. The number of rotatable bonds is 3. The van der Waals surface area contributed by atoms with E-state index in [1.165, 1.54) is 14.2 Å². The van der Waals surface area contributed by atoms with E-state index in [0.717, 1.165) is 0 Å². The number of nitrogens with zero attached hydrogens (tertiary/aromatic N) is 1. The molecule has 0 aliphatic carbocycles. The minimum Gasteiger partial charge on any atom is -0.481 e. The summed E-state index contributed by atoms with van der Waals surface area (Å²) < 4.78 is 9.58. The van der Waals surface area contributed by atoms with Gasteiger partial charge >= 0.3 is 7.12 Å². The monoisotopic (exact) mass is 167 g/mol. The van der Waals surface area contributed by atoms with Gasteiger partial charge in [-0.15, -0.1) is 0 Å². The molecular weight excluding hydrogens is 157 g/mol. The summed E-state index contributed by atoms with van der Waals surface area (Å²) in [6, 6.07) is 3.28. The van der Waals surface area contributed by atoms with Crippen molar-refractivity contribution < 1.29 is 14.4 Å². The molecule has 0 fully saturated rings. The molecule has 5 heteroatoms. The molecule has 1 N–H and O–H groups in total. The number of hydrogen-bond donors (Lipinski definition) is 1. The average molecular weight is 167 g/mol. The van der Waals surface area contributed by atoms with Crippen LogP contribution < -0.4 is 10.2 Å². The molecule has 0 bridgehead atoms. The Kier molecular flexibility index (Phi) is 3.07. The van der Waals surface area contributed by atoms with Gasteiger partial charge in [-0.2, -0.15) is 0 Å². The molecule has 64 valence electrons. The summed E-state index contributed by atoms with van der Waals surface area (Å²) in [6.07, 6.45) is 1.55. The van der Waals surface area contributed by atoms with Crippen molar-refractivity contribution in [1.82, 2.24) is 4.98 Å². The Bertz CT molecular complexity index is 256. The Morgan fingerprint density at radius 1 is 1.50 bits per heavy atom. The van der Waals surface area contributed by atoms with Crippen molar-refractivity contribution in [1.29, 1.82) is 0 Å². The van der Waals surface area contributed by atoms with Crippen LogP contribution in [0.25, 0.3) is 0 Å². The fourth-order valence-corrected chi connectivity index (χ4v) is 0.826. The first-order valence-corrected chi connectivity index (χ1v) is 3.48. The maximum atomic E-state index is 9.24. The van der Waals surface area contributed by atoms with E-state index in [4.69, 9.17) is 9.39 Å². The van der Waals surface area contributed by atoms with Crippen LogP contribution in [0.2, 0.25) is 0 Å². The van der Waals surface area contributed by atoms with E-state index < -0.39 is 7.12 Å². The molecule has 0 amide bonds. The van der Waals surface area contributed by atoms with Crippen molar-refractivity contribution in [2.75, 3.05) is 14.2 Å². The molecule has 0 saturated heterocycles. The molecule has 0 aliphatic heterocycles. The molecule has 0 unspecified atom stereocenters. The van der Waals surface area contributed by atoms with Crippen LogP contribution in [0.3, 0.4) is 0 Å². The highest BCUT2D eigenvalue weighted by Crippen LogP contribution is 2.00. The third kappa shape index (κ3) is 1.96. The van der Waals surface area contributed by atoms with Gasteiger partial charge in [-0.1, -0.05) is 0 Å². The lowest BCUT2D eigenvalue weighted by atomic mass is 9.80. The molecule has 0 radical (unpaired) electrons. The van der Waals surface area contributed by atoms with Gasteiger partial charge in [0.25, 0.3) is 0 Å². The Hall–Kier alpha value is -1.07. The molecule has 12 heavy (non-hydrogen) atoms. The zero-order valence-electron chi connectivity index (χ0n) is 7.02. The van der Waals surface area contributed by atoms with Crippen LogP contribution in [0, 0.1) is 0 Å². The van der Waals surface area contributed by atoms with Gasteiger partial charge in [0.2, 0.25) is 5.88 Å². The second-order valence-corrected chi connectivity index (χ2v) is 2.22. The largest absolute Gasteiger partial charge is 0.491 e. The van der Waals surface area contributed by atoms with Crippen LogP contribution in [-0.4, -0.2) is 31.3 Å². The maximum absolute atomic E-state index is 9.24. The number of aromatic nitrogens is 1. The normalized spacial score (nSPS) is 9.58. The van der Waals surface area contributed by atoms with Crippen LogP contribution >= 0.6 is 0 Å². The zero-order chi connectivity index (χ0) is 8.97. The minimum atomic E-state index is -0.915. The molecule has 1 rings (SSSR count). The predicted octanol–water partition coefficient (Wildman–Crippen LogP) is -0.576. The Labute approximate surface area is 71.3 Å². The van der Waals surface area contributed by atoms with E-state index >= 15 is 0 Å². The summed E-state index contributed by atoms with van der Waals surface area (Å²) in [5.41, 5.74) is 0.629. The van der Waals surface area contributed by atoms with Crippen molar-refractivity contribution in [3.8, 4) is 5.88 Å². The highest BCUT2D eigenvalue weighted by Gasteiger charge is 2.14. The smallest absolute Gasteiger partial charge is 0.481 e. The quantitative estimate of drug-likeness (QED) is 0.612. The van der Waals surface area contributed by atoms with Crippen LogP contribution in [0.1, 0.15) is 0 Å². The summed E-state index contributed by atoms with van der Waals surface area (Å²) in [4.78, 5) is 3.89. The lowest BCUT2D eigenvalue weighted by Gasteiger charge is -2.04. The van der Waals surface area contributed by atoms with Crippen LogP contribution in [0.4, 0.5) is 0 Å². The molecule has 0 saturated carbocycles. The molecule has 1 heterocycles.